The molecule has 1 aromatic rings. The third kappa shape index (κ3) is 5.48. The number of hydrogen-bond donors (Lipinski definition) is 2. The number of halogens is 1. The molecule has 108 valence electrons. The van der Waals surface area contributed by atoms with Gasteiger partial charge >= 0.3 is 0 Å². The van der Waals surface area contributed by atoms with Crippen LogP contribution in [0.5, 0.6) is 0 Å². The van der Waals surface area contributed by atoms with Crippen LogP contribution in [-0.4, -0.2) is 26.7 Å². The molecule has 0 amide bonds. The Labute approximate surface area is 119 Å². The van der Waals surface area contributed by atoms with Crippen LogP contribution in [0, 0.1) is 6.92 Å². The Morgan fingerprint density at radius 2 is 1.89 bits per heavy atom. The van der Waals surface area contributed by atoms with Crippen molar-refractivity contribution in [3.63, 3.8) is 0 Å². The lowest BCUT2D eigenvalue weighted by Crippen LogP contribution is -2.25. The van der Waals surface area contributed by atoms with Crippen LogP contribution < -0.4 is 4.72 Å². The fourth-order valence-electron chi connectivity index (χ4n) is 1.79. The summed E-state index contributed by atoms with van der Waals surface area (Å²) in [6, 6.07) is 4.73. The molecular formula is C13H20ClNO3S. The average molecular weight is 306 g/mol. The van der Waals surface area contributed by atoms with Crippen LogP contribution in [0.4, 0.5) is 0 Å². The van der Waals surface area contributed by atoms with Gasteiger partial charge in [0.25, 0.3) is 0 Å². The standard InChI is InChI=1S/C13H20ClNO3S/c1-11-10-12(14)6-7-13(11)19(17,18)15-8-4-2-3-5-9-16/h6-7,10,15-16H,2-5,8-9H2,1H3. The van der Waals surface area contributed by atoms with E-state index in [1.54, 1.807) is 19.1 Å². The molecule has 4 nitrogen and oxygen atoms in total. The van der Waals surface area contributed by atoms with Gasteiger partial charge in [-0.05, 0) is 43.5 Å². The van der Waals surface area contributed by atoms with Crippen molar-refractivity contribution in [3.05, 3.63) is 28.8 Å². The zero-order valence-corrected chi connectivity index (χ0v) is 12.6. The summed E-state index contributed by atoms with van der Waals surface area (Å²) in [4.78, 5) is 0.271. The first kappa shape index (κ1) is 16.4. The van der Waals surface area contributed by atoms with E-state index < -0.39 is 10.0 Å². The Morgan fingerprint density at radius 1 is 1.21 bits per heavy atom. The van der Waals surface area contributed by atoms with Gasteiger partial charge in [0.1, 0.15) is 0 Å². The molecule has 2 N–H and O–H groups in total. The van der Waals surface area contributed by atoms with Gasteiger partial charge in [0.15, 0.2) is 0 Å². The van der Waals surface area contributed by atoms with E-state index >= 15 is 0 Å². The lowest BCUT2D eigenvalue weighted by atomic mass is 10.2. The maximum absolute atomic E-state index is 12.1. The zero-order valence-electron chi connectivity index (χ0n) is 11.0. The topological polar surface area (TPSA) is 66.4 Å². The Bertz CT molecular complexity index is 503. The second-order valence-corrected chi connectivity index (χ2v) is 6.62. The van der Waals surface area contributed by atoms with Crippen molar-refractivity contribution in [1.29, 1.82) is 0 Å². The third-order valence-electron chi connectivity index (χ3n) is 2.80. The summed E-state index contributed by atoms with van der Waals surface area (Å²) < 4.78 is 26.7. The zero-order chi connectivity index (χ0) is 14.3. The van der Waals surface area contributed by atoms with E-state index in [4.69, 9.17) is 16.7 Å². The van der Waals surface area contributed by atoms with E-state index in [1.165, 1.54) is 6.07 Å². The van der Waals surface area contributed by atoms with Crippen molar-refractivity contribution < 1.29 is 13.5 Å². The van der Waals surface area contributed by atoms with Crippen LogP contribution in [0.1, 0.15) is 31.2 Å². The summed E-state index contributed by atoms with van der Waals surface area (Å²) in [7, 11) is -3.46. The molecule has 0 aromatic heterocycles. The molecule has 0 aliphatic carbocycles. The molecule has 1 aromatic carbocycles. The van der Waals surface area contributed by atoms with Crippen LogP contribution in [-0.2, 0) is 10.0 Å². The van der Waals surface area contributed by atoms with E-state index in [0.29, 0.717) is 17.1 Å². The van der Waals surface area contributed by atoms with Gasteiger partial charge in [-0.1, -0.05) is 24.4 Å². The van der Waals surface area contributed by atoms with Crippen LogP contribution >= 0.6 is 11.6 Å². The molecule has 0 saturated carbocycles. The molecule has 0 heterocycles. The van der Waals surface area contributed by atoms with Crippen molar-refractivity contribution in [1.82, 2.24) is 4.72 Å². The highest BCUT2D eigenvalue weighted by Gasteiger charge is 2.15. The number of aliphatic hydroxyl groups excluding tert-OH is 1. The fourth-order valence-corrected chi connectivity index (χ4v) is 3.31. The van der Waals surface area contributed by atoms with Crippen molar-refractivity contribution in [3.8, 4) is 0 Å². The molecule has 0 spiro atoms. The Kier molecular flexibility index (Phi) is 6.79. The van der Waals surface area contributed by atoms with Gasteiger partial charge in [-0.15, -0.1) is 0 Å². The van der Waals surface area contributed by atoms with Gasteiger partial charge in [-0.3, -0.25) is 0 Å². The Balaban J connectivity index is 2.52. The number of hydrogen-bond acceptors (Lipinski definition) is 3. The molecule has 0 atom stereocenters. The second-order valence-electron chi connectivity index (χ2n) is 4.45. The Hall–Kier alpha value is -0.620. The third-order valence-corrected chi connectivity index (χ3v) is 4.66. The summed E-state index contributed by atoms with van der Waals surface area (Å²) in [5.74, 6) is 0. The molecule has 0 saturated heterocycles. The van der Waals surface area contributed by atoms with E-state index in [9.17, 15) is 8.42 Å². The van der Waals surface area contributed by atoms with Crippen molar-refractivity contribution >= 4 is 21.6 Å². The summed E-state index contributed by atoms with van der Waals surface area (Å²) in [5, 5.41) is 9.16. The number of aliphatic hydroxyl groups is 1. The van der Waals surface area contributed by atoms with Crippen LogP contribution in [0.2, 0.25) is 5.02 Å². The van der Waals surface area contributed by atoms with Gasteiger partial charge in [0, 0.05) is 18.2 Å². The summed E-state index contributed by atoms with van der Waals surface area (Å²) in [5.41, 5.74) is 0.639. The molecule has 0 unspecified atom stereocenters. The van der Waals surface area contributed by atoms with Gasteiger partial charge in [0.2, 0.25) is 10.0 Å². The van der Waals surface area contributed by atoms with Crippen LogP contribution in [0.15, 0.2) is 23.1 Å². The van der Waals surface area contributed by atoms with Crippen molar-refractivity contribution in [2.24, 2.45) is 0 Å². The van der Waals surface area contributed by atoms with Crippen LogP contribution in [0.25, 0.3) is 0 Å². The number of benzene rings is 1. The van der Waals surface area contributed by atoms with E-state index in [2.05, 4.69) is 4.72 Å². The first-order chi connectivity index (χ1) is 8.97. The summed E-state index contributed by atoms with van der Waals surface area (Å²) >= 11 is 5.81. The molecule has 1 rings (SSSR count). The molecule has 0 bridgehead atoms. The molecule has 0 radical (unpaired) electrons. The highest BCUT2D eigenvalue weighted by atomic mass is 35.5. The minimum absolute atomic E-state index is 0.190. The first-order valence-corrected chi connectivity index (χ1v) is 8.20. The van der Waals surface area contributed by atoms with E-state index in [-0.39, 0.29) is 11.5 Å². The van der Waals surface area contributed by atoms with E-state index in [1.807, 2.05) is 0 Å². The predicted molar refractivity (Wildman–Crippen MR) is 76.9 cm³/mol. The normalized spacial score (nSPS) is 11.7. The monoisotopic (exact) mass is 305 g/mol. The fraction of sp³-hybridized carbons (Fsp3) is 0.538. The lowest BCUT2D eigenvalue weighted by Gasteiger charge is -2.09. The molecule has 19 heavy (non-hydrogen) atoms. The number of sulfonamides is 1. The van der Waals surface area contributed by atoms with Crippen molar-refractivity contribution in [2.75, 3.05) is 13.2 Å². The quantitative estimate of drug-likeness (QED) is 0.725. The van der Waals surface area contributed by atoms with Gasteiger partial charge in [-0.25, -0.2) is 13.1 Å². The average Bonchev–Trinajstić information content (AvgIpc) is 2.33. The first-order valence-electron chi connectivity index (χ1n) is 6.34. The molecule has 0 fully saturated rings. The summed E-state index contributed by atoms with van der Waals surface area (Å²) in [6.07, 6.45) is 3.36. The van der Waals surface area contributed by atoms with E-state index in [0.717, 1.165) is 25.7 Å². The SMILES string of the molecule is Cc1cc(Cl)ccc1S(=O)(=O)NCCCCCCO. The smallest absolute Gasteiger partial charge is 0.240 e. The number of unbranched alkanes of at least 4 members (excludes halogenated alkanes) is 3. The second kappa shape index (κ2) is 7.85. The molecular weight excluding hydrogens is 286 g/mol. The summed E-state index contributed by atoms with van der Waals surface area (Å²) in [6.45, 7) is 2.33. The van der Waals surface area contributed by atoms with Crippen LogP contribution in [0.3, 0.4) is 0 Å². The maximum atomic E-state index is 12.1. The minimum atomic E-state index is -3.46. The minimum Gasteiger partial charge on any atom is -0.396 e. The van der Waals surface area contributed by atoms with Crippen molar-refractivity contribution in [2.45, 2.75) is 37.5 Å². The number of aryl methyl sites for hydroxylation is 1. The molecule has 0 aliphatic rings. The molecule has 0 aliphatic heterocycles. The predicted octanol–water partition coefficient (Wildman–Crippen LogP) is 2.48. The number of nitrogens with one attached hydrogen (secondary N) is 1. The Morgan fingerprint density at radius 3 is 2.53 bits per heavy atom. The highest BCUT2D eigenvalue weighted by Crippen LogP contribution is 2.19. The van der Waals surface area contributed by atoms with Gasteiger partial charge < -0.3 is 5.11 Å². The van der Waals surface area contributed by atoms with Gasteiger partial charge in [0.05, 0.1) is 4.90 Å². The highest BCUT2D eigenvalue weighted by molar-refractivity contribution is 7.89. The maximum Gasteiger partial charge on any atom is 0.240 e. The molecule has 6 heteroatoms. The lowest BCUT2D eigenvalue weighted by molar-refractivity contribution is 0.282. The van der Waals surface area contributed by atoms with Gasteiger partial charge in [-0.2, -0.15) is 0 Å². The largest absolute Gasteiger partial charge is 0.396 e. The number of rotatable bonds is 8.